The summed E-state index contributed by atoms with van der Waals surface area (Å²) >= 11 is 6.24. The second-order valence-corrected chi connectivity index (χ2v) is 6.98. The summed E-state index contributed by atoms with van der Waals surface area (Å²) in [6.45, 7) is 5.41. The zero-order valence-electron chi connectivity index (χ0n) is 16.1. The van der Waals surface area contributed by atoms with Crippen LogP contribution < -0.4 is 5.32 Å². The zero-order valence-corrected chi connectivity index (χ0v) is 16.8. The van der Waals surface area contributed by atoms with Gasteiger partial charge in [0.25, 0.3) is 11.8 Å². The number of oxazole rings is 1. The van der Waals surface area contributed by atoms with Crippen molar-refractivity contribution >= 4 is 23.3 Å². The van der Waals surface area contributed by atoms with E-state index in [-0.39, 0.29) is 23.4 Å². The van der Waals surface area contributed by atoms with Crippen LogP contribution in [0.4, 0.5) is 0 Å². The third-order valence-electron chi connectivity index (χ3n) is 4.30. The van der Waals surface area contributed by atoms with E-state index in [1.807, 2.05) is 26.0 Å². The molecule has 2 aromatic heterocycles. The zero-order chi connectivity index (χ0) is 21.1. The molecule has 29 heavy (non-hydrogen) atoms. The molecule has 9 heteroatoms. The Kier molecular flexibility index (Phi) is 5.80. The van der Waals surface area contributed by atoms with E-state index in [0.717, 1.165) is 23.1 Å². The molecule has 0 bridgehead atoms. The van der Waals surface area contributed by atoms with Crippen molar-refractivity contribution in [2.45, 2.75) is 33.4 Å². The Morgan fingerprint density at radius 1 is 1.38 bits per heavy atom. The van der Waals surface area contributed by atoms with E-state index in [0.29, 0.717) is 17.1 Å². The van der Waals surface area contributed by atoms with Crippen molar-refractivity contribution in [2.75, 3.05) is 0 Å². The smallest absolute Gasteiger partial charge is 0.273 e. The Hall–Kier alpha value is -3.44. The van der Waals surface area contributed by atoms with E-state index >= 15 is 0 Å². The first-order valence-corrected chi connectivity index (χ1v) is 9.18. The summed E-state index contributed by atoms with van der Waals surface area (Å²) in [7, 11) is 0. The number of ketones is 1. The molecule has 1 amide bonds. The molecule has 0 saturated carbocycles. The maximum absolute atomic E-state index is 12.2. The number of amides is 1. The lowest BCUT2D eigenvalue weighted by molar-refractivity contribution is 0.0930. The molecule has 0 aliphatic rings. The molecule has 0 radical (unpaired) electrons. The summed E-state index contributed by atoms with van der Waals surface area (Å²) in [5, 5.41) is 16.8. The molecule has 0 aliphatic heterocycles. The number of Topliss-reactive ketones (excluding diaryl/α,β-unsaturated/α-hetero) is 1. The van der Waals surface area contributed by atoms with Gasteiger partial charge in [-0.05, 0) is 31.5 Å². The largest absolute Gasteiger partial charge is 0.441 e. The summed E-state index contributed by atoms with van der Waals surface area (Å²) in [4.78, 5) is 27.3. The second kappa shape index (κ2) is 8.29. The SMILES string of the molecule is CC(=O)c1nc(C(=O)N[C@@H](C)Cn2ccc(-c3ccc(C#N)c(Cl)c3C)n2)co1. The van der Waals surface area contributed by atoms with Crippen LogP contribution in [0.3, 0.4) is 0 Å². The van der Waals surface area contributed by atoms with Gasteiger partial charge in [-0.3, -0.25) is 14.3 Å². The lowest BCUT2D eigenvalue weighted by Gasteiger charge is -2.13. The average molecular weight is 412 g/mol. The topological polar surface area (TPSA) is 114 Å². The minimum atomic E-state index is -0.434. The summed E-state index contributed by atoms with van der Waals surface area (Å²) in [5.41, 5.74) is 2.80. The number of carbonyl (C=O) groups excluding carboxylic acids is 2. The lowest BCUT2D eigenvalue weighted by Crippen LogP contribution is -2.36. The Balaban J connectivity index is 1.68. The summed E-state index contributed by atoms with van der Waals surface area (Å²) in [6.07, 6.45) is 2.95. The standard InChI is InChI=1S/C20H18ClN5O3/c1-11(23-19(28)17-10-29-20(24-17)13(3)27)9-26-7-6-16(25-26)15-5-4-14(8-22)18(21)12(15)2/h4-7,10-11H,9H2,1-3H3,(H,23,28)/t11-/m0/s1. The van der Waals surface area contributed by atoms with Crippen LogP contribution >= 0.6 is 11.6 Å². The predicted molar refractivity (Wildman–Crippen MR) is 106 cm³/mol. The highest BCUT2D eigenvalue weighted by molar-refractivity contribution is 6.32. The summed E-state index contributed by atoms with van der Waals surface area (Å²) in [6, 6.07) is 7.13. The normalized spacial score (nSPS) is 11.7. The Morgan fingerprint density at radius 3 is 2.79 bits per heavy atom. The van der Waals surface area contributed by atoms with Crippen LogP contribution in [0.5, 0.6) is 0 Å². The van der Waals surface area contributed by atoms with Crippen molar-refractivity contribution in [3.05, 3.63) is 58.4 Å². The van der Waals surface area contributed by atoms with Crippen LogP contribution in [0.1, 0.15) is 46.1 Å². The van der Waals surface area contributed by atoms with Gasteiger partial charge < -0.3 is 9.73 Å². The van der Waals surface area contributed by atoms with Gasteiger partial charge in [-0.15, -0.1) is 0 Å². The molecule has 2 heterocycles. The molecule has 1 atom stereocenters. The van der Waals surface area contributed by atoms with Crippen LogP contribution in [0.2, 0.25) is 5.02 Å². The summed E-state index contributed by atoms with van der Waals surface area (Å²) in [5.74, 6) is -0.883. The third kappa shape index (κ3) is 4.36. The van der Waals surface area contributed by atoms with Gasteiger partial charge in [0.15, 0.2) is 5.69 Å². The maximum Gasteiger partial charge on any atom is 0.273 e. The van der Waals surface area contributed by atoms with E-state index in [4.69, 9.17) is 21.3 Å². The lowest BCUT2D eigenvalue weighted by atomic mass is 10.0. The van der Waals surface area contributed by atoms with Crippen LogP contribution in [0.25, 0.3) is 11.3 Å². The number of nitrogens with one attached hydrogen (secondary N) is 1. The highest BCUT2D eigenvalue weighted by Gasteiger charge is 2.17. The van der Waals surface area contributed by atoms with Crippen molar-refractivity contribution in [1.82, 2.24) is 20.1 Å². The van der Waals surface area contributed by atoms with Gasteiger partial charge in [-0.2, -0.15) is 10.4 Å². The molecule has 0 saturated heterocycles. The Labute approximate surface area is 172 Å². The van der Waals surface area contributed by atoms with Gasteiger partial charge in [0, 0.05) is 24.7 Å². The molecule has 3 aromatic rings. The molecule has 148 valence electrons. The molecule has 1 N–H and O–H groups in total. The fourth-order valence-electron chi connectivity index (χ4n) is 2.82. The van der Waals surface area contributed by atoms with E-state index in [9.17, 15) is 9.59 Å². The quantitative estimate of drug-likeness (QED) is 0.622. The second-order valence-electron chi connectivity index (χ2n) is 6.60. The number of halogens is 1. The highest BCUT2D eigenvalue weighted by Crippen LogP contribution is 2.29. The first kappa shape index (κ1) is 20.3. The summed E-state index contributed by atoms with van der Waals surface area (Å²) < 4.78 is 6.67. The van der Waals surface area contributed by atoms with E-state index in [2.05, 4.69) is 21.5 Å². The van der Waals surface area contributed by atoms with E-state index in [1.54, 1.807) is 16.9 Å². The van der Waals surface area contributed by atoms with Crippen molar-refractivity contribution in [3.63, 3.8) is 0 Å². The molecule has 0 unspecified atom stereocenters. The molecule has 1 aromatic carbocycles. The maximum atomic E-state index is 12.2. The number of aromatic nitrogens is 3. The third-order valence-corrected chi connectivity index (χ3v) is 4.79. The van der Waals surface area contributed by atoms with Gasteiger partial charge in [0.05, 0.1) is 22.8 Å². The van der Waals surface area contributed by atoms with Crippen molar-refractivity contribution in [3.8, 4) is 17.3 Å². The number of rotatable bonds is 6. The molecule has 0 spiro atoms. The van der Waals surface area contributed by atoms with Gasteiger partial charge in [-0.1, -0.05) is 17.7 Å². The fraction of sp³-hybridized carbons (Fsp3) is 0.250. The molecule has 0 fully saturated rings. The number of hydrogen-bond donors (Lipinski definition) is 1. The van der Waals surface area contributed by atoms with Crippen LogP contribution in [-0.2, 0) is 6.54 Å². The van der Waals surface area contributed by atoms with E-state index < -0.39 is 5.91 Å². The van der Waals surface area contributed by atoms with Crippen LogP contribution in [-0.4, -0.2) is 32.5 Å². The number of nitrogens with zero attached hydrogens (tertiary/aromatic N) is 4. The highest BCUT2D eigenvalue weighted by atomic mass is 35.5. The fourth-order valence-corrected chi connectivity index (χ4v) is 3.03. The first-order valence-electron chi connectivity index (χ1n) is 8.80. The van der Waals surface area contributed by atoms with Crippen LogP contribution in [0.15, 0.2) is 35.1 Å². The van der Waals surface area contributed by atoms with Crippen molar-refractivity contribution < 1.29 is 14.0 Å². The van der Waals surface area contributed by atoms with Crippen LogP contribution in [0, 0.1) is 18.3 Å². The number of hydrogen-bond acceptors (Lipinski definition) is 6. The van der Waals surface area contributed by atoms with Crippen molar-refractivity contribution in [1.29, 1.82) is 5.26 Å². The minimum absolute atomic E-state index is 0.0473. The first-order chi connectivity index (χ1) is 13.8. The van der Waals surface area contributed by atoms with E-state index in [1.165, 1.54) is 6.92 Å². The Morgan fingerprint density at radius 2 is 2.14 bits per heavy atom. The average Bonchev–Trinajstić information content (AvgIpc) is 3.33. The van der Waals surface area contributed by atoms with Gasteiger partial charge in [0.1, 0.15) is 12.3 Å². The molecule has 0 aliphatic carbocycles. The molecular formula is C20H18ClN5O3. The molecular weight excluding hydrogens is 394 g/mol. The number of benzene rings is 1. The van der Waals surface area contributed by atoms with Gasteiger partial charge >= 0.3 is 0 Å². The van der Waals surface area contributed by atoms with Gasteiger partial charge in [0.2, 0.25) is 5.78 Å². The molecule has 3 rings (SSSR count). The van der Waals surface area contributed by atoms with Gasteiger partial charge in [-0.25, -0.2) is 4.98 Å². The number of nitriles is 1. The molecule has 8 nitrogen and oxygen atoms in total. The number of carbonyl (C=O) groups is 2. The predicted octanol–water partition coefficient (Wildman–Crippen LogP) is 3.39. The Bertz CT molecular complexity index is 1130. The monoisotopic (exact) mass is 411 g/mol. The minimum Gasteiger partial charge on any atom is -0.441 e. The van der Waals surface area contributed by atoms with Crippen molar-refractivity contribution in [2.24, 2.45) is 0 Å².